The minimum absolute atomic E-state index is 0.113. The lowest BCUT2D eigenvalue weighted by atomic mass is 10.1. The summed E-state index contributed by atoms with van der Waals surface area (Å²) in [7, 11) is 0. The summed E-state index contributed by atoms with van der Waals surface area (Å²) >= 11 is 3.19. The Labute approximate surface area is 123 Å². The van der Waals surface area contributed by atoms with Gasteiger partial charge in [-0.2, -0.15) is 0 Å². The van der Waals surface area contributed by atoms with E-state index >= 15 is 0 Å². The zero-order valence-electron chi connectivity index (χ0n) is 10.9. The second-order valence-corrected chi connectivity index (χ2v) is 5.16. The predicted octanol–water partition coefficient (Wildman–Crippen LogP) is 3.49. The van der Waals surface area contributed by atoms with E-state index < -0.39 is 11.7 Å². The minimum Gasteiger partial charge on any atom is -0.437 e. The first kappa shape index (κ1) is 14.5. The molecule has 0 radical (unpaired) electrons. The molecule has 0 saturated carbocycles. The van der Waals surface area contributed by atoms with Gasteiger partial charge in [-0.15, -0.1) is 0 Å². The van der Waals surface area contributed by atoms with Crippen LogP contribution >= 0.6 is 15.9 Å². The number of amides is 1. The van der Waals surface area contributed by atoms with Gasteiger partial charge in [0.2, 0.25) is 5.88 Å². The molecular weight excluding hydrogens is 327 g/mol. The monoisotopic (exact) mass is 338 g/mol. The molecule has 0 fully saturated rings. The zero-order chi connectivity index (χ0) is 14.9. The molecule has 20 heavy (non-hydrogen) atoms. The maximum Gasteiger partial charge on any atom is 0.254 e. The van der Waals surface area contributed by atoms with E-state index in [1.54, 1.807) is 19.9 Å². The standard InChI is InChI=1S/C14H12BrFN2O2/c1-7-5-8(2)18-14(12(7)13(17)19)20-11-4-3-9(16)6-10(11)15/h3-6H,1-2H3,(H2,17,19). The highest BCUT2D eigenvalue weighted by atomic mass is 79.9. The van der Waals surface area contributed by atoms with Crippen molar-refractivity contribution in [3.8, 4) is 11.6 Å². The fraction of sp³-hybridized carbons (Fsp3) is 0.143. The Balaban J connectivity index is 2.50. The van der Waals surface area contributed by atoms with Crippen molar-refractivity contribution in [2.45, 2.75) is 13.8 Å². The van der Waals surface area contributed by atoms with Crippen LogP contribution in [0.2, 0.25) is 0 Å². The van der Waals surface area contributed by atoms with Gasteiger partial charge in [0.1, 0.15) is 17.1 Å². The third-order valence-corrected chi connectivity index (χ3v) is 3.28. The molecule has 0 aliphatic carbocycles. The Morgan fingerprint density at radius 2 is 2.05 bits per heavy atom. The highest BCUT2D eigenvalue weighted by Gasteiger charge is 2.17. The number of aryl methyl sites for hydroxylation is 2. The van der Waals surface area contributed by atoms with Gasteiger partial charge in [0, 0.05) is 5.69 Å². The number of halogens is 2. The third-order valence-electron chi connectivity index (χ3n) is 2.66. The van der Waals surface area contributed by atoms with Gasteiger partial charge in [-0.1, -0.05) is 0 Å². The van der Waals surface area contributed by atoms with Crippen LogP contribution in [0.5, 0.6) is 11.6 Å². The van der Waals surface area contributed by atoms with Gasteiger partial charge in [0.25, 0.3) is 5.91 Å². The first-order valence-corrected chi connectivity index (χ1v) is 6.58. The van der Waals surface area contributed by atoms with Gasteiger partial charge in [-0.3, -0.25) is 4.79 Å². The van der Waals surface area contributed by atoms with Crippen LogP contribution in [0.4, 0.5) is 4.39 Å². The summed E-state index contributed by atoms with van der Waals surface area (Å²) in [6.07, 6.45) is 0. The smallest absolute Gasteiger partial charge is 0.254 e. The number of carbonyl (C=O) groups excluding carboxylic acids is 1. The molecule has 0 saturated heterocycles. The Morgan fingerprint density at radius 1 is 1.35 bits per heavy atom. The maximum atomic E-state index is 13.0. The summed E-state index contributed by atoms with van der Waals surface area (Å²) in [4.78, 5) is 15.7. The minimum atomic E-state index is -0.622. The van der Waals surface area contributed by atoms with Crippen molar-refractivity contribution in [3.05, 3.63) is 51.4 Å². The van der Waals surface area contributed by atoms with Crippen LogP contribution in [0.15, 0.2) is 28.7 Å². The van der Waals surface area contributed by atoms with E-state index in [4.69, 9.17) is 10.5 Å². The van der Waals surface area contributed by atoms with Crippen LogP contribution in [0.25, 0.3) is 0 Å². The molecule has 0 atom stereocenters. The summed E-state index contributed by atoms with van der Waals surface area (Å²) in [6, 6.07) is 5.71. The van der Waals surface area contributed by atoms with E-state index in [0.717, 1.165) is 0 Å². The molecule has 2 N–H and O–H groups in total. The van der Waals surface area contributed by atoms with E-state index in [1.807, 2.05) is 0 Å². The molecule has 6 heteroatoms. The van der Waals surface area contributed by atoms with Crippen molar-refractivity contribution < 1.29 is 13.9 Å². The molecule has 0 bridgehead atoms. The predicted molar refractivity (Wildman–Crippen MR) is 76.4 cm³/mol. The molecule has 1 aromatic heterocycles. The molecule has 0 aliphatic heterocycles. The summed E-state index contributed by atoms with van der Waals surface area (Å²) in [6.45, 7) is 3.53. The summed E-state index contributed by atoms with van der Waals surface area (Å²) in [5.74, 6) is -0.551. The molecule has 1 heterocycles. The third kappa shape index (κ3) is 2.96. The van der Waals surface area contributed by atoms with Crippen LogP contribution in [-0.2, 0) is 0 Å². The lowest BCUT2D eigenvalue weighted by molar-refractivity contribution is 0.0997. The SMILES string of the molecule is Cc1cc(C)c(C(N)=O)c(Oc2ccc(F)cc2Br)n1. The van der Waals surface area contributed by atoms with Crippen LogP contribution in [0.3, 0.4) is 0 Å². The molecule has 0 aliphatic rings. The summed E-state index contributed by atoms with van der Waals surface area (Å²) in [5, 5.41) is 0. The van der Waals surface area contributed by atoms with E-state index in [2.05, 4.69) is 20.9 Å². The van der Waals surface area contributed by atoms with Gasteiger partial charge < -0.3 is 10.5 Å². The number of hydrogen-bond donors (Lipinski definition) is 1. The van der Waals surface area contributed by atoms with Crippen molar-refractivity contribution in [2.75, 3.05) is 0 Å². The summed E-state index contributed by atoms with van der Waals surface area (Å²) < 4.78 is 19.1. The van der Waals surface area contributed by atoms with Crippen molar-refractivity contribution >= 4 is 21.8 Å². The normalized spacial score (nSPS) is 10.4. The maximum absolute atomic E-state index is 13.0. The number of hydrogen-bond acceptors (Lipinski definition) is 3. The van der Waals surface area contributed by atoms with Crippen LogP contribution in [0, 0.1) is 19.7 Å². The Bertz CT molecular complexity index is 689. The number of benzene rings is 1. The van der Waals surface area contributed by atoms with Crippen molar-refractivity contribution in [2.24, 2.45) is 5.73 Å². The number of rotatable bonds is 3. The molecule has 1 amide bonds. The Kier molecular flexibility index (Phi) is 4.04. The topological polar surface area (TPSA) is 65.2 Å². The van der Waals surface area contributed by atoms with Gasteiger partial charge in [-0.05, 0) is 59.6 Å². The van der Waals surface area contributed by atoms with Gasteiger partial charge >= 0.3 is 0 Å². The lowest BCUT2D eigenvalue weighted by Crippen LogP contribution is -2.15. The fourth-order valence-electron chi connectivity index (χ4n) is 1.84. The van der Waals surface area contributed by atoms with Gasteiger partial charge in [-0.25, -0.2) is 9.37 Å². The van der Waals surface area contributed by atoms with E-state index in [9.17, 15) is 9.18 Å². The Hall–Kier alpha value is -1.95. The molecule has 1 aromatic carbocycles. The van der Waals surface area contributed by atoms with E-state index in [-0.39, 0.29) is 11.4 Å². The molecular formula is C14H12BrFN2O2. The number of nitrogens with zero attached hydrogens (tertiary/aromatic N) is 1. The highest BCUT2D eigenvalue weighted by molar-refractivity contribution is 9.10. The molecule has 4 nitrogen and oxygen atoms in total. The number of aromatic nitrogens is 1. The van der Waals surface area contributed by atoms with Crippen LogP contribution in [0.1, 0.15) is 21.6 Å². The second-order valence-electron chi connectivity index (χ2n) is 4.30. The van der Waals surface area contributed by atoms with Crippen molar-refractivity contribution in [1.82, 2.24) is 4.98 Å². The van der Waals surface area contributed by atoms with Crippen molar-refractivity contribution in [3.63, 3.8) is 0 Å². The van der Waals surface area contributed by atoms with E-state index in [1.165, 1.54) is 18.2 Å². The average Bonchev–Trinajstić information content (AvgIpc) is 2.31. The first-order chi connectivity index (χ1) is 9.38. The van der Waals surface area contributed by atoms with Crippen LogP contribution < -0.4 is 10.5 Å². The van der Waals surface area contributed by atoms with E-state index in [0.29, 0.717) is 21.5 Å². The molecule has 0 unspecified atom stereocenters. The second kappa shape index (κ2) is 5.58. The number of nitrogens with two attached hydrogens (primary N) is 1. The lowest BCUT2D eigenvalue weighted by Gasteiger charge is -2.12. The fourth-order valence-corrected chi connectivity index (χ4v) is 2.27. The van der Waals surface area contributed by atoms with Crippen molar-refractivity contribution in [1.29, 1.82) is 0 Å². The largest absolute Gasteiger partial charge is 0.437 e. The van der Waals surface area contributed by atoms with Crippen LogP contribution in [-0.4, -0.2) is 10.9 Å². The Morgan fingerprint density at radius 3 is 2.65 bits per heavy atom. The molecule has 2 rings (SSSR count). The number of primary amides is 1. The summed E-state index contributed by atoms with van der Waals surface area (Å²) in [5.41, 5.74) is 6.94. The molecule has 104 valence electrons. The quantitative estimate of drug-likeness (QED) is 0.931. The number of ether oxygens (including phenoxy) is 1. The first-order valence-electron chi connectivity index (χ1n) is 5.79. The zero-order valence-corrected chi connectivity index (χ0v) is 12.5. The van der Waals surface area contributed by atoms with Gasteiger partial charge in [0.15, 0.2) is 0 Å². The molecule has 2 aromatic rings. The average molecular weight is 339 g/mol. The number of pyridine rings is 1. The van der Waals surface area contributed by atoms with Gasteiger partial charge in [0.05, 0.1) is 4.47 Å². The highest BCUT2D eigenvalue weighted by Crippen LogP contribution is 2.32. The number of carbonyl (C=O) groups is 1. The molecule has 0 spiro atoms.